The molecule has 0 aromatic carbocycles. The zero-order valence-electron chi connectivity index (χ0n) is 7.76. The summed E-state index contributed by atoms with van der Waals surface area (Å²) in [5, 5.41) is 0. The van der Waals surface area contributed by atoms with Crippen molar-refractivity contribution in [2.24, 2.45) is 0 Å². The van der Waals surface area contributed by atoms with E-state index in [-0.39, 0.29) is 12.1 Å². The second-order valence-corrected chi connectivity index (χ2v) is 3.66. The fraction of sp³-hybridized carbons (Fsp3) is 0.444. The number of ether oxygens (including phenoxy) is 1. The molecular weight excluding hydrogens is 236 g/mol. The molecule has 4 heteroatoms. The van der Waals surface area contributed by atoms with E-state index in [0.29, 0.717) is 5.76 Å². The van der Waals surface area contributed by atoms with Gasteiger partial charge in [0.05, 0.1) is 4.47 Å². The topological polar surface area (TPSA) is 39.4 Å². The monoisotopic (exact) mass is 246 g/mol. The maximum Gasteiger partial charge on any atom is 0.303 e. The molecule has 0 aliphatic heterocycles. The Morgan fingerprint density at radius 3 is 2.69 bits per heavy atom. The van der Waals surface area contributed by atoms with Gasteiger partial charge in [0, 0.05) is 6.92 Å². The second-order valence-electron chi connectivity index (χ2n) is 2.80. The van der Waals surface area contributed by atoms with Crippen molar-refractivity contribution < 1.29 is 13.9 Å². The first-order chi connectivity index (χ1) is 6.00. The predicted octanol–water partition coefficient (Wildman–Crippen LogP) is 2.97. The average Bonchev–Trinajstić information content (AvgIpc) is 2.31. The van der Waals surface area contributed by atoms with Crippen molar-refractivity contribution in [3.8, 4) is 0 Å². The molecule has 1 rings (SSSR count). The van der Waals surface area contributed by atoms with Gasteiger partial charge in [-0.25, -0.2) is 0 Å². The van der Waals surface area contributed by atoms with Crippen molar-refractivity contribution in [2.45, 2.75) is 26.9 Å². The van der Waals surface area contributed by atoms with Crippen LogP contribution < -0.4 is 0 Å². The number of carbonyl (C=O) groups excluding carboxylic acids is 1. The Labute approximate surface area is 85.2 Å². The predicted molar refractivity (Wildman–Crippen MR) is 51.3 cm³/mol. The lowest BCUT2D eigenvalue weighted by Gasteiger charge is -2.07. The van der Waals surface area contributed by atoms with Crippen LogP contribution in [-0.4, -0.2) is 5.97 Å². The summed E-state index contributed by atoms with van der Waals surface area (Å²) in [5.74, 6) is 1.13. The van der Waals surface area contributed by atoms with Gasteiger partial charge in [-0.2, -0.15) is 0 Å². The highest BCUT2D eigenvalue weighted by Crippen LogP contribution is 2.26. The molecule has 0 radical (unpaired) electrons. The Balaban J connectivity index is 2.77. The highest BCUT2D eigenvalue weighted by molar-refractivity contribution is 9.10. The molecule has 0 aliphatic carbocycles. The maximum absolute atomic E-state index is 10.6. The van der Waals surface area contributed by atoms with Crippen LogP contribution in [0.5, 0.6) is 0 Å². The summed E-state index contributed by atoms with van der Waals surface area (Å²) in [4.78, 5) is 10.6. The summed E-state index contributed by atoms with van der Waals surface area (Å²) in [6.07, 6.45) is -0.331. The van der Waals surface area contributed by atoms with E-state index in [2.05, 4.69) is 15.9 Å². The van der Waals surface area contributed by atoms with Gasteiger partial charge in [0.1, 0.15) is 11.5 Å². The number of aryl methyl sites for hydroxylation is 1. The minimum absolute atomic E-state index is 0.308. The highest BCUT2D eigenvalue weighted by atomic mass is 79.9. The van der Waals surface area contributed by atoms with Gasteiger partial charge in [0.25, 0.3) is 0 Å². The van der Waals surface area contributed by atoms with E-state index in [1.807, 2.05) is 13.0 Å². The summed E-state index contributed by atoms with van der Waals surface area (Å²) in [5.41, 5.74) is 0. The molecule has 3 nitrogen and oxygen atoms in total. The standard InChI is InChI=1S/C9H11BrO3/c1-5-8(10)4-9(13-5)6(2)12-7(3)11/h4,6H,1-3H3/t6-/m0/s1. The van der Waals surface area contributed by atoms with Crippen LogP contribution in [-0.2, 0) is 9.53 Å². The number of furan rings is 1. The minimum atomic E-state index is -0.331. The Morgan fingerprint density at radius 1 is 1.69 bits per heavy atom. The number of hydrogen-bond acceptors (Lipinski definition) is 3. The fourth-order valence-corrected chi connectivity index (χ4v) is 1.30. The first-order valence-electron chi connectivity index (χ1n) is 3.93. The molecule has 1 aromatic rings. The SMILES string of the molecule is CC(=O)O[C@@H](C)c1cc(Br)c(C)o1. The first kappa shape index (κ1) is 10.3. The number of esters is 1. The lowest BCUT2D eigenvalue weighted by atomic mass is 10.3. The Kier molecular flexibility index (Phi) is 3.14. The van der Waals surface area contributed by atoms with E-state index in [4.69, 9.17) is 9.15 Å². The second kappa shape index (κ2) is 3.96. The molecule has 0 aliphatic rings. The van der Waals surface area contributed by atoms with E-state index in [1.165, 1.54) is 6.92 Å². The molecule has 0 amide bonds. The molecule has 0 bridgehead atoms. The van der Waals surface area contributed by atoms with Gasteiger partial charge < -0.3 is 9.15 Å². The van der Waals surface area contributed by atoms with Gasteiger partial charge in [0.15, 0.2) is 6.10 Å². The summed E-state index contributed by atoms with van der Waals surface area (Å²) in [6, 6.07) is 1.81. The number of hydrogen-bond donors (Lipinski definition) is 0. The quantitative estimate of drug-likeness (QED) is 0.754. The van der Waals surface area contributed by atoms with Crippen molar-refractivity contribution in [1.82, 2.24) is 0 Å². The zero-order valence-corrected chi connectivity index (χ0v) is 9.34. The number of rotatable bonds is 2. The van der Waals surface area contributed by atoms with Gasteiger partial charge in [-0.3, -0.25) is 4.79 Å². The third-order valence-corrected chi connectivity index (χ3v) is 2.41. The highest BCUT2D eigenvalue weighted by Gasteiger charge is 2.14. The summed E-state index contributed by atoms with van der Waals surface area (Å²) < 4.78 is 11.2. The van der Waals surface area contributed by atoms with Crippen molar-refractivity contribution in [3.05, 3.63) is 22.1 Å². The maximum atomic E-state index is 10.6. The Morgan fingerprint density at radius 2 is 2.31 bits per heavy atom. The lowest BCUT2D eigenvalue weighted by Crippen LogP contribution is -2.03. The van der Waals surface area contributed by atoms with Crippen molar-refractivity contribution in [1.29, 1.82) is 0 Å². The van der Waals surface area contributed by atoms with Crippen LogP contribution in [0, 0.1) is 6.92 Å². The summed E-state index contributed by atoms with van der Waals surface area (Å²) >= 11 is 3.32. The van der Waals surface area contributed by atoms with Crippen LogP contribution in [0.25, 0.3) is 0 Å². The Bertz CT molecular complexity index is 297. The van der Waals surface area contributed by atoms with Crippen LogP contribution in [0.2, 0.25) is 0 Å². The normalized spacial score (nSPS) is 12.6. The van der Waals surface area contributed by atoms with Gasteiger partial charge in [0.2, 0.25) is 0 Å². The van der Waals surface area contributed by atoms with Crippen LogP contribution in [0.3, 0.4) is 0 Å². The molecule has 72 valence electrons. The minimum Gasteiger partial charge on any atom is -0.461 e. The molecule has 1 aromatic heterocycles. The zero-order chi connectivity index (χ0) is 10.0. The molecule has 0 saturated carbocycles. The van der Waals surface area contributed by atoms with Gasteiger partial charge in [-0.1, -0.05) is 0 Å². The molecule has 0 unspecified atom stereocenters. The van der Waals surface area contributed by atoms with Gasteiger partial charge in [-0.15, -0.1) is 0 Å². The smallest absolute Gasteiger partial charge is 0.303 e. The van der Waals surface area contributed by atoms with E-state index < -0.39 is 0 Å². The molecule has 13 heavy (non-hydrogen) atoms. The largest absolute Gasteiger partial charge is 0.461 e. The fourth-order valence-electron chi connectivity index (χ4n) is 0.989. The van der Waals surface area contributed by atoms with Crippen LogP contribution in [0.15, 0.2) is 15.0 Å². The van der Waals surface area contributed by atoms with Crippen LogP contribution in [0.1, 0.15) is 31.5 Å². The molecular formula is C9H11BrO3. The molecule has 0 spiro atoms. The van der Waals surface area contributed by atoms with Crippen molar-refractivity contribution in [3.63, 3.8) is 0 Å². The van der Waals surface area contributed by atoms with Crippen LogP contribution >= 0.6 is 15.9 Å². The van der Waals surface area contributed by atoms with E-state index in [0.717, 1.165) is 10.2 Å². The van der Waals surface area contributed by atoms with Crippen LogP contribution in [0.4, 0.5) is 0 Å². The molecule has 0 N–H and O–H groups in total. The Hall–Kier alpha value is -0.770. The van der Waals surface area contributed by atoms with Crippen molar-refractivity contribution in [2.75, 3.05) is 0 Å². The van der Waals surface area contributed by atoms with Crippen molar-refractivity contribution >= 4 is 21.9 Å². The lowest BCUT2D eigenvalue weighted by molar-refractivity contribution is -0.146. The van der Waals surface area contributed by atoms with Gasteiger partial charge >= 0.3 is 5.97 Å². The van der Waals surface area contributed by atoms with E-state index >= 15 is 0 Å². The summed E-state index contributed by atoms with van der Waals surface area (Å²) in [7, 11) is 0. The average molecular weight is 247 g/mol. The number of halogens is 1. The van der Waals surface area contributed by atoms with E-state index in [1.54, 1.807) is 6.92 Å². The molecule has 0 fully saturated rings. The molecule has 1 heterocycles. The molecule has 1 atom stereocenters. The third kappa shape index (κ3) is 2.59. The van der Waals surface area contributed by atoms with Gasteiger partial charge in [-0.05, 0) is 35.8 Å². The molecule has 0 saturated heterocycles. The number of carbonyl (C=O) groups is 1. The summed E-state index contributed by atoms with van der Waals surface area (Å²) in [6.45, 7) is 4.99. The third-order valence-electron chi connectivity index (χ3n) is 1.62. The van der Waals surface area contributed by atoms with E-state index in [9.17, 15) is 4.79 Å². The first-order valence-corrected chi connectivity index (χ1v) is 4.73.